The first-order valence-electron chi connectivity index (χ1n) is 4.31. The number of nitrogens with zero attached hydrogens (tertiary/aromatic N) is 1. The van der Waals surface area contributed by atoms with Crippen LogP contribution in [-0.2, 0) is 9.53 Å². The van der Waals surface area contributed by atoms with Crippen LogP contribution < -0.4 is 5.73 Å². The topological polar surface area (TPSA) is 89.2 Å². The highest BCUT2D eigenvalue weighted by atomic mass is 16.5. The molecule has 2 N–H and O–H groups in total. The fourth-order valence-corrected chi connectivity index (χ4v) is 0.974. The molecule has 0 saturated heterocycles. The number of carbonyl (C=O) groups excluding carboxylic acids is 1. The number of rotatable bonds is 3. The molecule has 0 saturated carbocycles. The van der Waals surface area contributed by atoms with Gasteiger partial charge in [-0.3, -0.25) is 0 Å². The second-order valence-corrected chi connectivity index (χ2v) is 2.60. The zero-order valence-corrected chi connectivity index (χ0v) is 8.19. The quantitative estimate of drug-likeness (QED) is 0.453. The van der Waals surface area contributed by atoms with Gasteiger partial charge in [0.25, 0.3) is 0 Å². The third-order valence-corrected chi connectivity index (χ3v) is 1.65. The van der Waals surface area contributed by atoms with Gasteiger partial charge in [0, 0.05) is 0 Å². The maximum absolute atomic E-state index is 11.3. The molecule has 0 aromatic carbocycles. The SMILES string of the molecule is CCOC(=O)/C(C#N)=C(\N)c1ccco1. The normalized spacial score (nSPS) is 11.5. The van der Waals surface area contributed by atoms with Gasteiger partial charge in [-0.2, -0.15) is 5.26 Å². The van der Waals surface area contributed by atoms with E-state index in [-0.39, 0.29) is 23.6 Å². The molecule has 78 valence electrons. The van der Waals surface area contributed by atoms with E-state index < -0.39 is 5.97 Å². The maximum Gasteiger partial charge on any atom is 0.351 e. The smallest absolute Gasteiger partial charge is 0.351 e. The number of hydrogen-bond acceptors (Lipinski definition) is 5. The van der Waals surface area contributed by atoms with Gasteiger partial charge >= 0.3 is 5.97 Å². The van der Waals surface area contributed by atoms with Gasteiger partial charge in [-0.15, -0.1) is 0 Å². The molecule has 0 aliphatic rings. The van der Waals surface area contributed by atoms with Crippen LogP contribution in [0.25, 0.3) is 5.70 Å². The number of furan rings is 1. The molecular formula is C10H10N2O3. The lowest BCUT2D eigenvalue weighted by atomic mass is 10.2. The van der Waals surface area contributed by atoms with Gasteiger partial charge in [0.2, 0.25) is 0 Å². The Kier molecular flexibility index (Phi) is 3.52. The van der Waals surface area contributed by atoms with E-state index >= 15 is 0 Å². The number of nitriles is 1. The van der Waals surface area contributed by atoms with Gasteiger partial charge < -0.3 is 14.9 Å². The van der Waals surface area contributed by atoms with Crippen molar-refractivity contribution in [1.82, 2.24) is 0 Å². The summed E-state index contributed by atoms with van der Waals surface area (Å²) in [5, 5.41) is 8.76. The van der Waals surface area contributed by atoms with Crippen LogP contribution in [-0.4, -0.2) is 12.6 Å². The summed E-state index contributed by atoms with van der Waals surface area (Å²) in [4.78, 5) is 11.3. The first kappa shape index (κ1) is 10.9. The minimum absolute atomic E-state index is 0.0130. The van der Waals surface area contributed by atoms with Crippen LogP contribution in [0.2, 0.25) is 0 Å². The average molecular weight is 206 g/mol. The highest BCUT2D eigenvalue weighted by Crippen LogP contribution is 2.14. The molecule has 1 rings (SSSR count). The third kappa shape index (κ3) is 2.38. The Bertz CT molecular complexity index is 412. The van der Waals surface area contributed by atoms with Gasteiger partial charge in [0.1, 0.15) is 11.8 Å². The zero-order valence-electron chi connectivity index (χ0n) is 8.19. The van der Waals surface area contributed by atoms with Gasteiger partial charge in [-0.05, 0) is 19.1 Å². The number of nitrogens with two attached hydrogens (primary N) is 1. The van der Waals surface area contributed by atoms with Crippen molar-refractivity contribution in [1.29, 1.82) is 5.26 Å². The van der Waals surface area contributed by atoms with E-state index in [1.165, 1.54) is 6.26 Å². The average Bonchev–Trinajstić information content (AvgIpc) is 2.71. The molecular weight excluding hydrogens is 196 g/mol. The van der Waals surface area contributed by atoms with E-state index in [9.17, 15) is 4.79 Å². The molecule has 1 heterocycles. The second-order valence-electron chi connectivity index (χ2n) is 2.60. The minimum atomic E-state index is -0.742. The van der Waals surface area contributed by atoms with Crippen molar-refractivity contribution in [3.63, 3.8) is 0 Å². The summed E-state index contributed by atoms with van der Waals surface area (Å²) in [6, 6.07) is 4.87. The van der Waals surface area contributed by atoms with Crippen LogP contribution in [0.1, 0.15) is 12.7 Å². The molecule has 5 nitrogen and oxygen atoms in total. The maximum atomic E-state index is 11.3. The summed E-state index contributed by atoms with van der Waals surface area (Å²) in [5.41, 5.74) is 5.33. The molecule has 1 aromatic rings. The zero-order chi connectivity index (χ0) is 11.3. The van der Waals surface area contributed by atoms with Crippen LogP contribution in [0.4, 0.5) is 0 Å². The second kappa shape index (κ2) is 4.86. The van der Waals surface area contributed by atoms with Crippen molar-refractivity contribution >= 4 is 11.7 Å². The van der Waals surface area contributed by atoms with Crippen LogP contribution >= 0.6 is 0 Å². The fourth-order valence-electron chi connectivity index (χ4n) is 0.974. The van der Waals surface area contributed by atoms with Crippen LogP contribution in [0.15, 0.2) is 28.4 Å². The van der Waals surface area contributed by atoms with Gasteiger partial charge in [-0.1, -0.05) is 0 Å². The predicted molar refractivity (Wildman–Crippen MR) is 52.1 cm³/mol. The third-order valence-electron chi connectivity index (χ3n) is 1.65. The largest absolute Gasteiger partial charge is 0.463 e. The number of hydrogen-bond donors (Lipinski definition) is 1. The van der Waals surface area contributed by atoms with Gasteiger partial charge in [0.15, 0.2) is 11.3 Å². The Hall–Kier alpha value is -2.22. The predicted octanol–water partition coefficient (Wildman–Crippen LogP) is 1.04. The molecule has 0 bridgehead atoms. The lowest BCUT2D eigenvalue weighted by Gasteiger charge is -2.02. The van der Waals surface area contributed by atoms with E-state index in [1.54, 1.807) is 25.1 Å². The van der Waals surface area contributed by atoms with E-state index in [1.807, 2.05) is 0 Å². The highest BCUT2D eigenvalue weighted by molar-refractivity contribution is 6.00. The van der Waals surface area contributed by atoms with E-state index in [0.29, 0.717) is 0 Å². The van der Waals surface area contributed by atoms with Gasteiger partial charge in [-0.25, -0.2) is 4.79 Å². The standard InChI is InChI=1S/C10H10N2O3/c1-2-14-10(13)7(6-11)9(12)8-4-3-5-15-8/h3-5H,2,12H2,1H3/b9-7-. The molecule has 1 aromatic heterocycles. The summed E-state index contributed by atoms with van der Waals surface area (Å²) in [7, 11) is 0. The summed E-state index contributed by atoms with van der Waals surface area (Å²) in [6.45, 7) is 1.84. The summed E-state index contributed by atoms with van der Waals surface area (Å²) >= 11 is 0. The molecule has 15 heavy (non-hydrogen) atoms. The Morgan fingerprint density at radius 3 is 2.93 bits per heavy atom. The first-order valence-corrected chi connectivity index (χ1v) is 4.31. The molecule has 0 spiro atoms. The molecule has 0 atom stereocenters. The summed E-state index contributed by atoms with van der Waals surface area (Å²) in [5.74, 6) is -0.464. The van der Waals surface area contributed by atoms with Crippen molar-refractivity contribution in [3.05, 3.63) is 29.7 Å². The van der Waals surface area contributed by atoms with Crippen molar-refractivity contribution < 1.29 is 13.9 Å². The van der Waals surface area contributed by atoms with Gasteiger partial charge in [0.05, 0.1) is 12.9 Å². The molecule has 0 fully saturated rings. The van der Waals surface area contributed by atoms with E-state index in [4.69, 9.17) is 15.4 Å². The van der Waals surface area contributed by atoms with Crippen LogP contribution in [0.3, 0.4) is 0 Å². The van der Waals surface area contributed by atoms with Crippen molar-refractivity contribution in [3.8, 4) is 6.07 Å². The van der Waals surface area contributed by atoms with Crippen molar-refractivity contribution in [2.75, 3.05) is 6.61 Å². The molecule has 0 aliphatic carbocycles. The lowest BCUT2D eigenvalue weighted by molar-refractivity contribution is -0.137. The summed E-state index contributed by atoms with van der Waals surface area (Å²) in [6.07, 6.45) is 1.41. The fraction of sp³-hybridized carbons (Fsp3) is 0.200. The van der Waals surface area contributed by atoms with Crippen LogP contribution in [0.5, 0.6) is 0 Å². The van der Waals surface area contributed by atoms with E-state index in [0.717, 1.165) is 0 Å². The minimum Gasteiger partial charge on any atom is -0.463 e. The molecule has 0 unspecified atom stereocenters. The Morgan fingerprint density at radius 2 is 2.47 bits per heavy atom. The molecule has 0 amide bonds. The molecule has 5 heteroatoms. The number of ether oxygens (including phenoxy) is 1. The highest BCUT2D eigenvalue weighted by Gasteiger charge is 2.17. The van der Waals surface area contributed by atoms with Crippen molar-refractivity contribution in [2.24, 2.45) is 5.73 Å². The van der Waals surface area contributed by atoms with Crippen molar-refractivity contribution in [2.45, 2.75) is 6.92 Å². The molecule has 0 radical (unpaired) electrons. The molecule has 0 aliphatic heterocycles. The monoisotopic (exact) mass is 206 g/mol. The number of esters is 1. The Balaban J connectivity index is 3.05. The van der Waals surface area contributed by atoms with E-state index in [2.05, 4.69) is 4.74 Å². The first-order chi connectivity index (χ1) is 7.20. The summed E-state index contributed by atoms with van der Waals surface area (Å²) < 4.78 is 9.64. The Morgan fingerprint density at radius 1 is 1.73 bits per heavy atom. The van der Waals surface area contributed by atoms with Crippen LogP contribution in [0, 0.1) is 11.3 Å². The Labute approximate surface area is 86.7 Å². The number of carbonyl (C=O) groups is 1. The lowest BCUT2D eigenvalue weighted by Crippen LogP contribution is -2.12.